The van der Waals surface area contributed by atoms with E-state index in [2.05, 4.69) is 44.7 Å². The number of nitrogens with zero attached hydrogens (tertiary/aromatic N) is 5. The first-order valence-electron chi connectivity index (χ1n) is 10.7. The number of hydrogen-bond acceptors (Lipinski definition) is 6. The van der Waals surface area contributed by atoms with E-state index in [0.717, 1.165) is 39.0 Å². The van der Waals surface area contributed by atoms with Gasteiger partial charge in [0.25, 0.3) is 0 Å². The molecule has 1 amide bonds. The maximum Gasteiger partial charge on any atom is 0.344 e. The molecule has 31 heavy (non-hydrogen) atoms. The molecule has 0 aliphatic carbocycles. The number of aryl methyl sites for hydroxylation is 1. The Morgan fingerprint density at radius 1 is 1.06 bits per heavy atom. The van der Waals surface area contributed by atoms with E-state index in [1.54, 1.807) is 4.90 Å². The van der Waals surface area contributed by atoms with Crippen LogP contribution in [0.3, 0.4) is 0 Å². The topological polar surface area (TPSA) is 90.8 Å². The van der Waals surface area contributed by atoms with E-state index in [-0.39, 0.29) is 11.8 Å². The molecule has 168 valence electrons. The molecule has 9 nitrogen and oxygen atoms in total. The summed E-state index contributed by atoms with van der Waals surface area (Å²) in [5.41, 5.74) is 3.97. The lowest BCUT2D eigenvalue weighted by Crippen LogP contribution is -2.49. The molecule has 0 bridgehead atoms. The quantitative estimate of drug-likeness (QED) is 0.755. The maximum atomic E-state index is 12.7. The van der Waals surface area contributed by atoms with Gasteiger partial charge in [-0.15, -0.1) is 5.10 Å². The van der Waals surface area contributed by atoms with Gasteiger partial charge in [0.1, 0.15) is 0 Å². The van der Waals surface area contributed by atoms with Crippen molar-refractivity contribution in [3.05, 3.63) is 41.6 Å². The molecule has 2 aromatic rings. The highest BCUT2D eigenvalue weighted by atomic mass is 32.2. The SMILES string of the molecule is Cc1ccc(CN2CCN(C(=O)n3ccc(NS(C)(=O)=O)n3)CC2)cc1N1CCCC1. The largest absolute Gasteiger partial charge is 0.371 e. The monoisotopic (exact) mass is 446 g/mol. The molecule has 0 spiro atoms. The molecule has 0 atom stereocenters. The smallest absolute Gasteiger partial charge is 0.344 e. The Morgan fingerprint density at radius 2 is 1.77 bits per heavy atom. The van der Waals surface area contributed by atoms with Gasteiger partial charge in [0.15, 0.2) is 5.82 Å². The molecule has 2 aliphatic rings. The van der Waals surface area contributed by atoms with E-state index in [1.807, 2.05) is 0 Å². The van der Waals surface area contributed by atoms with Gasteiger partial charge in [-0.3, -0.25) is 9.62 Å². The minimum Gasteiger partial charge on any atom is -0.371 e. The Hall–Kier alpha value is -2.59. The molecule has 1 aromatic carbocycles. The second-order valence-corrected chi connectivity index (χ2v) is 10.1. The zero-order chi connectivity index (χ0) is 22.0. The Balaban J connectivity index is 1.33. The van der Waals surface area contributed by atoms with Crippen molar-refractivity contribution in [3.63, 3.8) is 0 Å². The third-order valence-corrected chi connectivity index (χ3v) is 6.42. The van der Waals surface area contributed by atoms with E-state index < -0.39 is 10.0 Å². The van der Waals surface area contributed by atoms with Crippen molar-refractivity contribution in [1.29, 1.82) is 0 Å². The summed E-state index contributed by atoms with van der Waals surface area (Å²) in [6.07, 6.45) is 5.06. The summed E-state index contributed by atoms with van der Waals surface area (Å²) >= 11 is 0. The number of benzene rings is 1. The van der Waals surface area contributed by atoms with Crippen LogP contribution < -0.4 is 9.62 Å². The predicted molar refractivity (Wildman–Crippen MR) is 121 cm³/mol. The number of carbonyl (C=O) groups is 1. The number of hydrogen-bond donors (Lipinski definition) is 1. The lowest BCUT2D eigenvalue weighted by molar-refractivity contribution is 0.134. The van der Waals surface area contributed by atoms with Crippen molar-refractivity contribution in [2.24, 2.45) is 0 Å². The van der Waals surface area contributed by atoms with Crippen LogP contribution in [-0.4, -0.2) is 79.6 Å². The van der Waals surface area contributed by atoms with Crippen molar-refractivity contribution in [2.75, 3.05) is 55.1 Å². The first-order chi connectivity index (χ1) is 14.8. The number of amides is 1. The number of aromatic nitrogens is 2. The van der Waals surface area contributed by atoms with E-state index in [0.29, 0.717) is 13.1 Å². The van der Waals surface area contributed by atoms with Crippen LogP contribution in [-0.2, 0) is 16.6 Å². The number of carbonyl (C=O) groups excluding carboxylic acids is 1. The molecule has 0 radical (unpaired) electrons. The summed E-state index contributed by atoms with van der Waals surface area (Å²) in [5, 5.41) is 4.03. The average molecular weight is 447 g/mol. The third-order valence-electron chi connectivity index (χ3n) is 5.84. The number of nitrogens with one attached hydrogen (secondary N) is 1. The lowest BCUT2D eigenvalue weighted by Gasteiger charge is -2.34. The van der Waals surface area contributed by atoms with Crippen LogP contribution in [0.4, 0.5) is 16.3 Å². The Bertz CT molecular complexity index is 1040. The molecule has 1 aromatic heterocycles. The normalized spacial score (nSPS) is 17.9. The molecule has 4 rings (SSSR count). The highest BCUT2D eigenvalue weighted by molar-refractivity contribution is 7.92. The van der Waals surface area contributed by atoms with Crippen LogP contribution in [0.15, 0.2) is 30.5 Å². The van der Waals surface area contributed by atoms with Crippen molar-refractivity contribution >= 4 is 27.6 Å². The van der Waals surface area contributed by atoms with Crippen LogP contribution in [0.25, 0.3) is 0 Å². The first-order valence-corrected chi connectivity index (χ1v) is 12.6. The zero-order valence-corrected chi connectivity index (χ0v) is 18.9. The molecule has 2 fully saturated rings. The Morgan fingerprint density at radius 3 is 2.45 bits per heavy atom. The zero-order valence-electron chi connectivity index (χ0n) is 18.1. The fourth-order valence-electron chi connectivity index (χ4n) is 4.23. The van der Waals surface area contributed by atoms with Crippen molar-refractivity contribution < 1.29 is 13.2 Å². The fraction of sp³-hybridized carbons (Fsp3) is 0.524. The first kappa shape index (κ1) is 21.6. The van der Waals surface area contributed by atoms with Gasteiger partial charge in [0.05, 0.1) is 6.26 Å². The number of piperazine rings is 1. The summed E-state index contributed by atoms with van der Waals surface area (Å²) in [4.78, 5) is 19.3. The minimum atomic E-state index is -3.42. The van der Waals surface area contributed by atoms with Crippen molar-refractivity contribution in [1.82, 2.24) is 19.6 Å². The summed E-state index contributed by atoms with van der Waals surface area (Å²) in [5.74, 6) is 0.141. The van der Waals surface area contributed by atoms with E-state index in [4.69, 9.17) is 0 Å². The molecular weight excluding hydrogens is 416 g/mol. The number of rotatable bonds is 5. The van der Waals surface area contributed by atoms with Gasteiger partial charge < -0.3 is 9.80 Å². The summed E-state index contributed by atoms with van der Waals surface area (Å²) in [7, 11) is -3.42. The van der Waals surface area contributed by atoms with Crippen LogP contribution in [0, 0.1) is 6.92 Å². The molecule has 1 N–H and O–H groups in total. The van der Waals surface area contributed by atoms with Gasteiger partial charge in [0.2, 0.25) is 10.0 Å². The molecule has 2 aliphatic heterocycles. The van der Waals surface area contributed by atoms with Gasteiger partial charge in [-0.2, -0.15) is 4.68 Å². The van der Waals surface area contributed by atoms with Crippen molar-refractivity contribution in [3.8, 4) is 0 Å². The molecule has 2 saturated heterocycles. The number of sulfonamides is 1. The standard InChI is InChI=1S/C21H30N6O3S/c1-17-5-6-18(15-19(17)25-8-3-4-9-25)16-24-11-13-26(14-12-24)21(28)27-10-7-20(22-27)23-31(2,29)30/h5-7,10,15H,3-4,8-9,11-14,16H2,1-2H3,(H,22,23). The second-order valence-electron chi connectivity index (χ2n) is 8.38. The van der Waals surface area contributed by atoms with Gasteiger partial charge in [-0.1, -0.05) is 12.1 Å². The Labute approximate surface area is 183 Å². The van der Waals surface area contributed by atoms with Gasteiger partial charge in [0, 0.05) is 63.8 Å². The maximum absolute atomic E-state index is 12.7. The molecule has 3 heterocycles. The molecule has 0 saturated carbocycles. The lowest BCUT2D eigenvalue weighted by atomic mass is 10.1. The predicted octanol–water partition coefficient (Wildman–Crippen LogP) is 1.95. The summed E-state index contributed by atoms with van der Waals surface area (Å²) < 4.78 is 26.1. The third kappa shape index (κ3) is 5.37. The highest BCUT2D eigenvalue weighted by Gasteiger charge is 2.23. The van der Waals surface area contributed by atoms with Crippen LogP contribution in [0.5, 0.6) is 0 Å². The van der Waals surface area contributed by atoms with Gasteiger partial charge in [-0.05, 0) is 37.0 Å². The molecular formula is C21H30N6O3S. The van der Waals surface area contributed by atoms with Crippen LogP contribution >= 0.6 is 0 Å². The second kappa shape index (κ2) is 8.88. The van der Waals surface area contributed by atoms with E-state index >= 15 is 0 Å². The molecule has 0 unspecified atom stereocenters. The van der Waals surface area contributed by atoms with E-state index in [1.165, 1.54) is 46.6 Å². The highest BCUT2D eigenvalue weighted by Crippen LogP contribution is 2.26. The van der Waals surface area contributed by atoms with Gasteiger partial charge >= 0.3 is 6.03 Å². The average Bonchev–Trinajstić information content (AvgIpc) is 3.40. The minimum absolute atomic E-state index is 0.141. The van der Waals surface area contributed by atoms with Crippen LogP contribution in [0.2, 0.25) is 0 Å². The van der Waals surface area contributed by atoms with Crippen molar-refractivity contribution in [2.45, 2.75) is 26.3 Å². The molecule has 10 heteroatoms. The number of anilines is 2. The van der Waals surface area contributed by atoms with Crippen LogP contribution in [0.1, 0.15) is 24.0 Å². The fourth-order valence-corrected chi connectivity index (χ4v) is 4.72. The summed E-state index contributed by atoms with van der Waals surface area (Å²) in [6, 6.07) is 7.96. The summed E-state index contributed by atoms with van der Waals surface area (Å²) in [6.45, 7) is 8.11. The Kier molecular flexibility index (Phi) is 6.19. The van der Waals surface area contributed by atoms with Gasteiger partial charge in [-0.25, -0.2) is 13.2 Å². The van der Waals surface area contributed by atoms with E-state index in [9.17, 15) is 13.2 Å².